The molecule has 4 heterocycles. The Bertz CT molecular complexity index is 2140. The van der Waals surface area contributed by atoms with Crippen LogP contribution in [0.15, 0.2) is 60.7 Å². The van der Waals surface area contributed by atoms with E-state index in [1.54, 1.807) is 0 Å². The summed E-state index contributed by atoms with van der Waals surface area (Å²) in [5, 5.41) is 5.51. The molecule has 2 aromatic heterocycles. The third kappa shape index (κ3) is 5.89. The van der Waals surface area contributed by atoms with Crippen LogP contribution in [0.1, 0.15) is 75.1 Å². The summed E-state index contributed by atoms with van der Waals surface area (Å²) >= 11 is 0. The van der Waals surface area contributed by atoms with Crippen molar-refractivity contribution in [2.75, 3.05) is 27.3 Å². The molecule has 2 aliphatic carbocycles. The van der Waals surface area contributed by atoms with E-state index in [9.17, 15) is 19.2 Å². The molecule has 2 atom stereocenters. The average molecular weight is 731 g/mol. The van der Waals surface area contributed by atoms with Crippen LogP contribution in [0.4, 0.5) is 9.59 Å². The van der Waals surface area contributed by atoms with E-state index in [-0.39, 0.29) is 23.9 Å². The first kappa shape index (κ1) is 33.9. The summed E-state index contributed by atoms with van der Waals surface area (Å²) in [6.07, 6.45) is 4.58. The number of nitrogens with zero attached hydrogens (tertiary/aromatic N) is 4. The van der Waals surface area contributed by atoms with Crippen LogP contribution in [-0.2, 0) is 19.1 Å². The Morgan fingerprint density at radius 2 is 1.02 bits per heavy atom. The standard InChI is InChI=1S/C40H42N8O6/c1-53-37(51)45-39(15-16-39)35(49)47-19-3-5-31(47)33-41-27-13-11-25(21-29(27)43-33)23-7-9-24(10-8-23)26-12-14-28-30(22-26)44-34(42-28)32-6-4-20-48(32)36(50)40(17-18-40)46-38(52)54-2/h7-14,21-22,31-32H,3-6,15-20H2,1-2H3,(H,41,43)(H,42,44)(H,45,51)(H,46,52)/t31-,32+. The number of hydrogen-bond acceptors (Lipinski definition) is 8. The molecule has 3 aromatic carbocycles. The molecule has 2 saturated heterocycles. The highest BCUT2D eigenvalue weighted by atomic mass is 16.5. The Kier molecular flexibility index (Phi) is 8.09. The number of benzene rings is 3. The predicted octanol–water partition coefficient (Wildman–Crippen LogP) is 5.88. The lowest BCUT2D eigenvalue weighted by Crippen LogP contribution is -2.50. The van der Waals surface area contributed by atoms with Gasteiger partial charge < -0.3 is 39.9 Å². The van der Waals surface area contributed by atoms with Crippen molar-refractivity contribution in [1.29, 1.82) is 0 Å². The molecule has 278 valence electrons. The van der Waals surface area contributed by atoms with Crippen LogP contribution in [0.25, 0.3) is 44.3 Å². The second-order valence-electron chi connectivity index (χ2n) is 15.0. The van der Waals surface area contributed by atoms with Gasteiger partial charge in [0.2, 0.25) is 11.8 Å². The van der Waals surface area contributed by atoms with Crippen LogP contribution in [0.2, 0.25) is 0 Å². The van der Waals surface area contributed by atoms with Crippen molar-refractivity contribution in [3.8, 4) is 22.3 Å². The van der Waals surface area contributed by atoms with E-state index < -0.39 is 23.3 Å². The molecule has 4 N–H and O–H groups in total. The van der Waals surface area contributed by atoms with Gasteiger partial charge in [-0.15, -0.1) is 0 Å². The van der Waals surface area contributed by atoms with E-state index in [4.69, 9.17) is 19.4 Å². The summed E-state index contributed by atoms with van der Waals surface area (Å²) in [7, 11) is 2.61. The van der Waals surface area contributed by atoms with Crippen LogP contribution in [-0.4, -0.2) is 92.1 Å². The number of aromatic amines is 2. The predicted molar refractivity (Wildman–Crippen MR) is 199 cm³/mol. The van der Waals surface area contributed by atoms with Crippen LogP contribution >= 0.6 is 0 Å². The minimum absolute atomic E-state index is 0.0751. The van der Waals surface area contributed by atoms with E-state index >= 15 is 0 Å². The normalized spacial score (nSPS) is 20.9. The van der Waals surface area contributed by atoms with Gasteiger partial charge in [-0.25, -0.2) is 19.6 Å². The second-order valence-corrected chi connectivity index (χ2v) is 15.0. The topological polar surface area (TPSA) is 175 Å². The first-order valence-electron chi connectivity index (χ1n) is 18.6. The minimum Gasteiger partial charge on any atom is -0.453 e. The molecule has 9 rings (SSSR count). The summed E-state index contributed by atoms with van der Waals surface area (Å²) in [5.41, 5.74) is 5.92. The fraction of sp³-hybridized carbons (Fsp3) is 0.400. The average Bonchev–Trinajstić information content (AvgIpc) is 3.78. The molecular weight excluding hydrogens is 688 g/mol. The van der Waals surface area contributed by atoms with E-state index in [1.165, 1.54) is 14.2 Å². The SMILES string of the molecule is COC(=O)NC1(C(=O)N2CCC[C@@H]2c2nc3ccc(-c4ccc(-c5ccc6nc([C@@H]7CCCN7C(=O)C7(NC(=O)OC)CC7)[nH]c6c5)cc4)cc3[nH]2)CC1. The number of H-pyrrole nitrogens is 2. The second kappa shape index (κ2) is 12.9. The van der Waals surface area contributed by atoms with E-state index in [0.29, 0.717) is 38.8 Å². The summed E-state index contributed by atoms with van der Waals surface area (Å²) in [5.74, 6) is 1.36. The molecule has 0 radical (unpaired) electrons. The fourth-order valence-electron chi connectivity index (χ4n) is 8.25. The number of fused-ring (bicyclic) bond motifs is 2. The third-order valence-corrected chi connectivity index (χ3v) is 11.6. The van der Waals surface area contributed by atoms with Gasteiger partial charge in [-0.05, 0) is 97.9 Å². The number of nitrogens with one attached hydrogen (secondary N) is 4. The summed E-state index contributed by atoms with van der Waals surface area (Å²) in [6.45, 7) is 1.24. The van der Waals surface area contributed by atoms with Crippen molar-refractivity contribution in [2.24, 2.45) is 0 Å². The lowest BCUT2D eigenvalue weighted by molar-refractivity contribution is -0.136. The maximum absolute atomic E-state index is 13.6. The number of methoxy groups -OCH3 is 2. The molecule has 5 aromatic rings. The van der Waals surface area contributed by atoms with Gasteiger partial charge in [-0.2, -0.15) is 0 Å². The van der Waals surface area contributed by atoms with Crippen molar-refractivity contribution in [2.45, 2.75) is 74.5 Å². The van der Waals surface area contributed by atoms with E-state index in [0.717, 1.165) is 81.7 Å². The Labute approximate surface area is 311 Å². The minimum atomic E-state index is -0.876. The van der Waals surface area contributed by atoms with Crippen molar-refractivity contribution in [3.63, 3.8) is 0 Å². The fourth-order valence-corrected chi connectivity index (χ4v) is 8.25. The molecule has 4 aliphatic rings. The van der Waals surface area contributed by atoms with Crippen LogP contribution < -0.4 is 10.6 Å². The van der Waals surface area contributed by atoms with Gasteiger partial charge in [-0.3, -0.25) is 9.59 Å². The first-order chi connectivity index (χ1) is 26.2. The van der Waals surface area contributed by atoms with E-state index in [1.807, 2.05) is 21.9 Å². The molecule has 2 saturated carbocycles. The Balaban J connectivity index is 0.904. The highest BCUT2D eigenvalue weighted by Gasteiger charge is 2.56. The van der Waals surface area contributed by atoms with Gasteiger partial charge in [0.15, 0.2) is 0 Å². The smallest absolute Gasteiger partial charge is 0.407 e. The van der Waals surface area contributed by atoms with Gasteiger partial charge in [0.05, 0.1) is 48.4 Å². The molecule has 0 unspecified atom stereocenters. The van der Waals surface area contributed by atoms with Crippen molar-refractivity contribution >= 4 is 46.1 Å². The summed E-state index contributed by atoms with van der Waals surface area (Å²) in [4.78, 5) is 71.4. The molecule has 14 nitrogen and oxygen atoms in total. The zero-order chi connectivity index (χ0) is 37.2. The number of carbonyl (C=O) groups excluding carboxylic acids is 4. The van der Waals surface area contributed by atoms with Gasteiger partial charge in [0.25, 0.3) is 0 Å². The number of imidazole rings is 2. The number of likely N-dealkylation sites (tertiary alicyclic amines) is 2. The number of rotatable bonds is 8. The summed E-state index contributed by atoms with van der Waals surface area (Å²) in [6, 6.07) is 20.4. The van der Waals surface area contributed by atoms with Crippen LogP contribution in [0.3, 0.4) is 0 Å². The Morgan fingerprint density at radius 1 is 0.630 bits per heavy atom. The monoisotopic (exact) mass is 730 g/mol. The van der Waals surface area contributed by atoms with Gasteiger partial charge in [0.1, 0.15) is 22.7 Å². The molecule has 0 bridgehead atoms. The number of carbonyl (C=O) groups is 4. The van der Waals surface area contributed by atoms with Gasteiger partial charge in [0, 0.05) is 13.1 Å². The van der Waals surface area contributed by atoms with E-state index in [2.05, 4.69) is 69.1 Å². The maximum Gasteiger partial charge on any atom is 0.407 e. The molecule has 14 heteroatoms. The highest BCUT2D eigenvalue weighted by molar-refractivity contribution is 5.94. The zero-order valence-corrected chi connectivity index (χ0v) is 30.2. The quantitative estimate of drug-likeness (QED) is 0.153. The zero-order valence-electron chi connectivity index (χ0n) is 30.2. The van der Waals surface area contributed by atoms with Crippen molar-refractivity contribution in [1.82, 2.24) is 40.4 Å². The van der Waals surface area contributed by atoms with Crippen LogP contribution in [0, 0.1) is 0 Å². The number of hydrogen-bond donors (Lipinski definition) is 4. The molecule has 2 aliphatic heterocycles. The molecule has 4 fully saturated rings. The first-order valence-corrected chi connectivity index (χ1v) is 18.6. The maximum atomic E-state index is 13.6. The molecule has 54 heavy (non-hydrogen) atoms. The van der Waals surface area contributed by atoms with Crippen molar-refractivity contribution in [3.05, 3.63) is 72.3 Å². The van der Waals surface area contributed by atoms with Crippen molar-refractivity contribution < 1.29 is 28.7 Å². The summed E-state index contributed by atoms with van der Waals surface area (Å²) < 4.78 is 9.53. The van der Waals surface area contributed by atoms with Crippen LogP contribution in [0.5, 0.6) is 0 Å². The highest BCUT2D eigenvalue weighted by Crippen LogP contribution is 2.44. The Hall–Kier alpha value is -5.92. The Morgan fingerprint density at radius 3 is 1.39 bits per heavy atom. The lowest BCUT2D eigenvalue weighted by atomic mass is 10.00. The number of amides is 4. The lowest BCUT2D eigenvalue weighted by Gasteiger charge is -2.28. The molecule has 4 amide bonds. The largest absolute Gasteiger partial charge is 0.453 e. The number of aromatic nitrogens is 4. The molecule has 0 spiro atoms. The number of ether oxygens (including phenoxy) is 2. The van der Waals surface area contributed by atoms with Gasteiger partial charge in [-0.1, -0.05) is 36.4 Å². The van der Waals surface area contributed by atoms with Gasteiger partial charge >= 0.3 is 12.2 Å². The third-order valence-electron chi connectivity index (χ3n) is 11.6. The molecular formula is C40H42N8O6. The number of alkyl carbamates (subject to hydrolysis) is 2.